The van der Waals surface area contributed by atoms with Crippen molar-refractivity contribution >= 4 is 37.0 Å². The van der Waals surface area contributed by atoms with Gasteiger partial charge in [-0.05, 0) is 49.4 Å². The number of rotatable bonds is 6. The number of sulfone groups is 2. The molecule has 2 aliphatic heterocycles. The fourth-order valence-corrected chi connectivity index (χ4v) is 9.50. The smallest absolute Gasteiger partial charge is 0.183 e. The Balaban J connectivity index is 1.53. The molecule has 2 aromatic rings. The second kappa shape index (κ2) is 9.21. The van der Waals surface area contributed by atoms with Gasteiger partial charge < -0.3 is 9.64 Å². The summed E-state index contributed by atoms with van der Waals surface area (Å²) in [5.74, 6) is 0.103. The molecule has 2 saturated heterocycles. The highest BCUT2D eigenvalue weighted by atomic mass is 35.5. The lowest BCUT2D eigenvalue weighted by atomic mass is 10.1. The molecule has 0 amide bonds. The Morgan fingerprint density at radius 2 is 1.72 bits per heavy atom. The van der Waals surface area contributed by atoms with Gasteiger partial charge in [-0.1, -0.05) is 17.7 Å². The summed E-state index contributed by atoms with van der Waals surface area (Å²) >= 11 is 6.10. The zero-order valence-corrected chi connectivity index (χ0v) is 20.2. The lowest BCUT2D eigenvalue weighted by Gasteiger charge is -2.40. The second-order valence-electron chi connectivity index (χ2n) is 8.14. The fraction of sp³-hybridized carbons (Fsp3) is 0.455. The van der Waals surface area contributed by atoms with Crippen LogP contribution >= 0.6 is 11.6 Å². The summed E-state index contributed by atoms with van der Waals surface area (Å²) in [6.07, 6.45) is 0. The van der Waals surface area contributed by atoms with Crippen molar-refractivity contribution in [1.29, 1.82) is 0 Å². The normalized spacial score (nSPS) is 23.9. The number of ether oxygens (including phenoxy) is 1. The highest BCUT2D eigenvalue weighted by molar-refractivity contribution is 7.96. The van der Waals surface area contributed by atoms with Crippen molar-refractivity contribution in [2.75, 3.05) is 49.2 Å². The number of hydrogen-bond donors (Lipinski definition) is 0. The molecule has 2 unspecified atom stereocenters. The average molecular weight is 499 g/mol. The van der Waals surface area contributed by atoms with Crippen molar-refractivity contribution in [3.05, 3.63) is 53.6 Å². The van der Waals surface area contributed by atoms with Crippen LogP contribution in [0.2, 0.25) is 5.02 Å². The molecule has 174 valence electrons. The largest absolute Gasteiger partial charge is 0.494 e. The molecule has 2 aliphatic rings. The van der Waals surface area contributed by atoms with E-state index in [4.69, 9.17) is 16.3 Å². The summed E-state index contributed by atoms with van der Waals surface area (Å²) in [5.41, 5.74) is 1.01. The first-order valence-corrected chi connectivity index (χ1v) is 14.4. The van der Waals surface area contributed by atoms with Gasteiger partial charge in [0.1, 0.15) is 5.75 Å². The summed E-state index contributed by atoms with van der Waals surface area (Å²) in [5, 5.41) is -0.323. The number of nitrogens with zero attached hydrogens (tertiary/aromatic N) is 2. The van der Waals surface area contributed by atoms with E-state index in [9.17, 15) is 16.8 Å². The summed E-state index contributed by atoms with van der Waals surface area (Å²) in [4.78, 5) is 4.33. The Labute approximate surface area is 194 Å². The van der Waals surface area contributed by atoms with Crippen LogP contribution < -0.4 is 9.64 Å². The van der Waals surface area contributed by atoms with Crippen LogP contribution in [0.4, 0.5) is 5.69 Å². The summed E-state index contributed by atoms with van der Waals surface area (Å²) in [6.45, 7) is 4.85. The minimum atomic E-state index is -3.82. The highest BCUT2D eigenvalue weighted by Crippen LogP contribution is 2.31. The van der Waals surface area contributed by atoms with Gasteiger partial charge in [0.25, 0.3) is 0 Å². The molecule has 2 aromatic carbocycles. The van der Waals surface area contributed by atoms with E-state index in [1.165, 1.54) is 12.1 Å². The predicted molar refractivity (Wildman–Crippen MR) is 126 cm³/mol. The molecule has 2 atom stereocenters. The lowest BCUT2D eigenvalue weighted by molar-refractivity contribution is 0.201. The molecule has 7 nitrogen and oxygen atoms in total. The Kier molecular flexibility index (Phi) is 6.72. The molecule has 0 bridgehead atoms. The van der Waals surface area contributed by atoms with Gasteiger partial charge in [0.05, 0.1) is 28.3 Å². The molecule has 0 N–H and O–H groups in total. The van der Waals surface area contributed by atoms with Crippen molar-refractivity contribution in [2.24, 2.45) is 0 Å². The maximum Gasteiger partial charge on any atom is 0.183 e. The minimum Gasteiger partial charge on any atom is -0.494 e. The van der Waals surface area contributed by atoms with Crippen molar-refractivity contribution in [3.8, 4) is 5.75 Å². The topological polar surface area (TPSA) is 84.0 Å². The molecule has 0 aromatic heterocycles. The van der Waals surface area contributed by atoms with Crippen LogP contribution in [0, 0.1) is 0 Å². The minimum absolute atomic E-state index is 0.130. The first kappa shape index (κ1) is 23.4. The van der Waals surface area contributed by atoms with Gasteiger partial charge in [-0.15, -0.1) is 0 Å². The molecule has 0 spiro atoms. The van der Waals surface area contributed by atoms with E-state index in [1.807, 2.05) is 36.1 Å². The summed E-state index contributed by atoms with van der Waals surface area (Å²) < 4.78 is 57.2. The molecule has 10 heteroatoms. The molecule has 4 rings (SSSR count). The number of halogens is 1. The fourth-order valence-electron chi connectivity index (χ4n) is 4.49. The van der Waals surface area contributed by atoms with E-state index in [2.05, 4.69) is 4.90 Å². The van der Waals surface area contributed by atoms with E-state index < -0.39 is 31.0 Å². The van der Waals surface area contributed by atoms with Crippen LogP contribution in [-0.4, -0.2) is 77.3 Å². The van der Waals surface area contributed by atoms with E-state index in [0.29, 0.717) is 43.6 Å². The van der Waals surface area contributed by atoms with Gasteiger partial charge in [0.2, 0.25) is 0 Å². The van der Waals surface area contributed by atoms with Crippen LogP contribution in [0.5, 0.6) is 5.75 Å². The van der Waals surface area contributed by atoms with E-state index >= 15 is 0 Å². The third-order valence-corrected chi connectivity index (χ3v) is 10.5. The van der Waals surface area contributed by atoms with Gasteiger partial charge >= 0.3 is 0 Å². The Morgan fingerprint density at radius 1 is 1.03 bits per heavy atom. The van der Waals surface area contributed by atoms with E-state index in [-0.39, 0.29) is 16.4 Å². The van der Waals surface area contributed by atoms with Crippen molar-refractivity contribution in [1.82, 2.24) is 4.90 Å². The maximum absolute atomic E-state index is 13.4. The standard InChI is InChI=1S/C22H27ClN2O5S2/c1-2-30-19-6-8-20(9-7-19)32(28,29)22-16-31(26,27)15-21(22)25-12-10-24(11-13-25)18-5-3-4-17(23)14-18/h3-9,14,21-22H,2,10-13,15-16H2,1H3. The molecule has 2 heterocycles. The quantitative estimate of drug-likeness (QED) is 0.605. The van der Waals surface area contributed by atoms with Crippen molar-refractivity contribution in [3.63, 3.8) is 0 Å². The van der Waals surface area contributed by atoms with E-state index in [1.54, 1.807) is 12.1 Å². The second-order valence-corrected chi connectivity index (χ2v) is 12.9. The number of benzene rings is 2. The first-order valence-electron chi connectivity index (χ1n) is 10.6. The first-order chi connectivity index (χ1) is 15.2. The third-order valence-electron chi connectivity index (χ3n) is 6.09. The van der Waals surface area contributed by atoms with E-state index in [0.717, 1.165) is 5.69 Å². The van der Waals surface area contributed by atoms with Gasteiger partial charge in [-0.3, -0.25) is 4.90 Å². The Morgan fingerprint density at radius 3 is 2.34 bits per heavy atom. The Bertz CT molecular complexity index is 1160. The van der Waals surface area contributed by atoms with Crippen LogP contribution in [0.1, 0.15) is 6.92 Å². The van der Waals surface area contributed by atoms with Gasteiger partial charge in [0, 0.05) is 42.9 Å². The van der Waals surface area contributed by atoms with Gasteiger partial charge in [-0.25, -0.2) is 16.8 Å². The highest BCUT2D eigenvalue weighted by Gasteiger charge is 2.48. The number of anilines is 1. The van der Waals surface area contributed by atoms with Crippen LogP contribution in [-0.2, 0) is 19.7 Å². The molecule has 0 saturated carbocycles. The zero-order valence-electron chi connectivity index (χ0n) is 17.9. The SMILES string of the molecule is CCOc1ccc(S(=O)(=O)C2CS(=O)(=O)CC2N2CCN(c3cccc(Cl)c3)CC2)cc1. The molecule has 32 heavy (non-hydrogen) atoms. The summed E-state index contributed by atoms with van der Waals surface area (Å²) in [6, 6.07) is 13.3. The van der Waals surface area contributed by atoms with Crippen molar-refractivity contribution in [2.45, 2.75) is 23.1 Å². The number of hydrogen-bond acceptors (Lipinski definition) is 7. The van der Waals surface area contributed by atoms with Gasteiger partial charge in [0.15, 0.2) is 19.7 Å². The third kappa shape index (κ3) is 4.90. The van der Waals surface area contributed by atoms with Crippen LogP contribution in [0.15, 0.2) is 53.4 Å². The molecule has 0 radical (unpaired) electrons. The molecule has 0 aliphatic carbocycles. The molecular weight excluding hydrogens is 472 g/mol. The van der Waals surface area contributed by atoms with Gasteiger partial charge in [-0.2, -0.15) is 0 Å². The Hall–Kier alpha value is -1.81. The van der Waals surface area contributed by atoms with Crippen molar-refractivity contribution < 1.29 is 21.6 Å². The summed E-state index contributed by atoms with van der Waals surface area (Å²) in [7, 11) is -7.27. The molecular formula is C22H27ClN2O5S2. The zero-order chi connectivity index (χ0) is 22.9. The lowest BCUT2D eigenvalue weighted by Crippen LogP contribution is -2.55. The molecule has 2 fully saturated rings. The van der Waals surface area contributed by atoms with Crippen LogP contribution in [0.3, 0.4) is 0 Å². The monoisotopic (exact) mass is 498 g/mol. The van der Waals surface area contributed by atoms with Crippen LogP contribution in [0.25, 0.3) is 0 Å². The average Bonchev–Trinajstić information content (AvgIpc) is 3.11. The maximum atomic E-state index is 13.4. The predicted octanol–water partition coefficient (Wildman–Crippen LogP) is 2.50. The number of piperazine rings is 1.